The molecule has 0 bridgehead atoms. The fourth-order valence-electron chi connectivity index (χ4n) is 2.72. The van der Waals surface area contributed by atoms with Gasteiger partial charge in [-0.3, -0.25) is 10.1 Å². The molecule has 3 aromatic rings. The molecule has 26 heavy (non-hydrogen) atoms. The first-order valence-corrected chi connectivity index (χ1v) is 8.71. The first-order chi connectivity index (χ1) is 12.4. The Balaban J connectivity index is 1.90. The van der Waals surface area contributed by atoms with E-state index in [4.69, 9.17) is 4.98 Å². The standard InChI is InChI=1S/C17H16N6O2S/c1-9-4-5-13(26-9)11-7-14(22(2)3)23-15(19-11)10(8-18-23)6-12-16(24)21-17(25)20-12/h4-8H,1-3H3,(H2,20,21,24,25)/b12-6+. The number of thiophene rings is 1. The number of anilines is 1. The Labute approximate surface area is 153 Å². The zero-order chi connectivity index (χ0) is 18.4. The number of rotatable bonds is 3. The topological polar surface area (TPSA) is 91.6 Å². The van der Waals surface area contributed by atoms with Crippen molar-refractivity contribution >= 4 is 40.8 Å². The lowest BCUT2D eigenvalue weighted by Gasteiger charge is -2.15. The second-order valence-corrected chi connectivity index (χ2v) is 7.39. The van der Waals surface area contributed by atoms with E-state index in [1.54, 1.807) is 28.1 Å². The lowest BCUT2D eigenvalue weighted by atomic mass is 10.2. The molecule has 8 nitrogen and oxygen atoms in total. The molecule has 1 aliphatic heterocycles. The molecule has 0 spiro atoms. The van der Waals surface area contributed by atoms with Gasteiger partial charge in [0.15, 0.2) is 5.65 Å². The minimum atomic E-state index is -0.533. The molecule has 2 N–H and O–H groups in total. The molecule has 9 heteroatoms. The highest BCUT2D eigenvalue weighted by Gasteiger charge is 2.24. The minimum Gasteiger partial charge on any atom is -0.363 e. The fourth-order valence-corrected chi connectivity index (χ4v) is 3.55. The summed E-state index contributed by atoms with van der Waals surface area (Å²) in [7, 11) is 3.87. The molecule has 3 amide bonds. The monoisotopic (exact) mass is 368 g/mol. The van der Waals surface area contributed by atoms with E-state index in [9.17, 15) is 9.59 Å². The number of amides is 3. The predicted molar refractivity (Wildman–Crippen MR) is 100 cm³/mol. The van der Waals surface area contributed by atoms with Gasteiger partial charge in [-0.05, 0) is 25.1 Å². The van der Waals surface area contributed by atoms with Crippen molar-refractivity contribution in [3.8, 4) is 10.6 Å². The van der Waals surface area contributed by atoms with Gasteiger partial charge in [-0.15, -0.1) is 11.3 Å². The number of aryl methyl sites for hydroxylation is 1. The van der Waals surface area contributed by atoms with Crippen LogP contribution in [0.1, 0.15) is 10.4 Å². The van der Waals surface area contributed by atoms with Gasteiger partial charge in [0, 0.05) is 30.6 Å². The van der Waals surface area contributed by atoms with Crippen LogP contribution in [0.3, 0.4) is 0 Å². The summed E-state index contributed by atoms with van der Waals surface area (Å²) in [6.45, 7) is 2.05. The molecule has 4 heterocycles. The highest BCUT2D eigenvalue weighted by molar-refractivity contribution is 7.15. The van der Waals surface area contributed by atoms with E-state index in [0.29, 0.717) is 11.2 Å². The number of carbonyl (C=O) groups excluding carboxylic acids is 2. The maximum absolute atomic E-state index is 11.8. The summed E-state index contributed by atoms with van der Waals surface area (Å²) < 4.78 is 1.71. The lowest BCUT2D eigenvalue weighted by Crippen LogP contribution is -2.22. The zero-order valence-electron chi connectivity index (χ0n) is 14.4. The molecule has 0 atom stereocenters. The van der Waals surface area contributed by atoms with Crippen molar-refractivity contribution in [1.82, 2.24) is 25.2 Å². The van der Waals surface area contributed by atoms with Gasteiger partial charge in [0.05, 0.1) is 16.8 Å². The predicted octanol–water partition coefficient (Wildman–Crippen LogP) is 2.01. The summed E-state index contributed by atoms with van der Waals surface area (Å²) in [6, 6.07) is 5.54. The van der Waals surface area contributed by atoms with Crippen LogP contribution in [-0.4, -0.2) is 40.6 Å². The molecular weight excluding hydrogens is 352 g/mol. The Morgan fingerprint density at radius 3 is 2.65 bits per heavy atom. The van der Waals surface area contributed by atoms with Crippen LogP contribution in [-0.2, 0) is 4.79 Å². The third kappa shape index (κ3) is 2.72. The van der Waals surface area contributed by atoms with Gasteiger partial charge in [-0.25, -0.2) is 9.78 Å². The third-order valence-electron chi connectivity index (χ3n) is 3.95. The van der Waals surface area contributed by atoms with E-state index in [0.717, 1.165) is 16.4 Å². The Morgan fingerprint density at radius 1 is 1.23 bits per heavy atom. The number of hydrogen-bond donors (Lipinski definition) is 2. The van der Waals surface area contributed by atoms with E-state index in [2.05, 4.69) is 28.7 Å². The number of hydrogen-bond acceptors (Lipinski definition) is 6. The van der Waals surface area contributed by atoms with Gasteiger partial charge in [0.2, 0.25) is 0 Å². The molecule has 3 aromatic heterocycles. The SMILES string of the molecule is Cc1ccc(-c2cc(N(C)C)n3ncc(/C=C4/NC(=O)NC4=O)c3n2)s1. The molecule has 0 aliphatic carbocycles. The number of fused-ring (bicyclic) bond motifs is 1. The molecule has 0 radical (unpaired) electrons. The van der Waals surface area contributed by atoms with Crippen molar-refractivity contribution in [2.24, 2.45) is 0 Å². The number of nitrogens with one attached hydrogen (secondary N) is 2. The minimum absolute atomic E-state index is 0.176. The van der Waals surface area contributed by atoms with Crippen LogP contribution < -0.4 is 15.5 Å². The number of imide groups is 1. The van der Waals surface area contributed by atoms with Gasteiger partial charge in [-0.2, -0.15) is 9.61 Å². The largest absolute Gasteiger partial charge is 0.363 e. The highest BCUT2D eigenvalue weighted by Crippen LogP contribution is 2.30. The van der Waals surface area contributed by atoms with Gasteiger partial charge >= 0.3 is 6.03 Å². The van der Waals surface area contributed by atoms with E-state index in [-0.39, 0.29) is 5.70 Å². The Kier molecular flexibility index (Phi) is 3.73. The molecule has 132 valence electrons. The number of nitrogens with zero attached hydrogens (tertiary/aromatic N) is 4. The molecule has 1 saturated heterocycles. The number of urea groups is 1. The molecule has 0 saturated carbocycles. The van der Waals surface area contributed by atoms with Crippen molar-refractivity contribution in [3.05, 3.63) is 40.5 Å². The average Bonchev–Trinajstić information content (AvgIpc) is 3.27. The summed E-state index contributed by atoms with van der Waals surface area (Å²) in [6.07, 6.45) is 3.21. The summed E-state index contributed by atoms with van der Waals surface area (Å²) in [5.74, 6) is 0.396. The van der Waals surface area contributed by atoms with Crippen molar-refractivity contribution in [2.75, 3.05) is 19.0 Å². The van der Waals surface area contributed by atoms with Gasteiger partial charge < -0.3 is 10.2 Å². The van der Waals surface area contributed by atoms with Crippen LogP contribution in [0.5, 0.6) is 0 Å². The molecule has 1 aliphatic rings. The number of aromatic nitrogens is 3. The second kappa shape index (κ2) is 5.95. The maximum Gasteiger partial charge on any atom is 0.326 e. The van der Waals surface area contributed by atoms with E-state index in [1.807, 2.05) is 31.1 Å². The van der Waals surface area contributed by atoms with Crippen molar-refractivity contribution in [2.45, 2.75) is 6.92 Å². The van der Waals surface area contributed by atoms with Crippen LogP contribution in [0.25, 0.3) is 22.3 Å². The molecule has 4 rings (SSSR count). The zero-order valence-corrected chi connectivity index (χ0v) is 15.2. The van der Waals surface area contributed by atoms with Crippen LogP contribution in [0.2, 0.25) is 0 Å². The van der Waals surface area contributed by atoms with E-state index >= 15 is 0 Å². The van der Waals surface area contributed by atoms with Gasteiger partial charge in [0.25, 0.3) is 5.91 Å². The normalized spacial score (nSPS) is 15.6. The van der Waals surface area contributed by atoms with Gasteiger partial charge in [0.1, 0.15) is 11.5 Å². The highest BCUT2D eigenvalue weighted by atomic mass is 32.1. The van der Waals surface area contributed by atoms with E-state index < -0.39 is 11.9 Å². The molecular formula is C17H16N6O2S. The fraction of sp³-hybridized carbons (Fsp3) is 0.176. The maximum atomic E-state index is 11.8. The summed E-state index contributed by atoms with van der Waals surface area (Å²) in [5, 5.41) is 9.06. The Bertz CT molecular complexity index is 1080. The Hall–Kier alpha value is -3.20. The first kappa shape index (κ1) is 16.3. The van der Waals surface area contributed by atoms with Crippen LogP contribution in [0, 0.1) is 6.92 Å². The van der Waals surface area contributed by atoms with Crippen molar-refractivity contribution in [3.63, 3.8) is 0 Å². The summed E-state index contributed by atoms with van der Waals surface area (Å²) >= 11 is 1.66. The summed E-state index contributed by atoms with van der Waals surface area (Å²) in [4.78, 5) is 32.1. The smallest absolute Gasteiger partial charge is 0.326 e. The Morgan fingerprint density at radius 2 is 2.04 bits per heavy atom. The third-order valence-corrected chi connectivity index (χ3v) is 4.97. The summed E-state index contributed by atoms with van der Waals surface area (Å²) in [5.41, 5.74) is 2.27. The van der Waals surface area contributed by atoms with Crippen molar-refractivity contribution < 1.29 is 9.59 Å². The number of carbonyl (C=O) groups is 2. The average molecular weight is 368 g/mol. The molecule has 0 unspecified atom stereocenters. The lowest BCUT2D eigenvalue weighted by molar-refractivity contribution is -0.115. The molecule has 1 fully saturated rings. The molecule has 0 aromatic carbocycles. The quantitative estimate of drug-likeness (QED) is 0.545. The van der Waals surface area contributed by atoms with Crippen LogP contribution in [0.4, 0.5) is 10.6 Å². The van der Waals surface area contributed by atoms with Crippen LogP contribution >= 0.6 is 11.3 Å². The van der Waals surface area contributed by atoms with Gasteiger partial charge in [-0.1, -0.05) is 0 Å². The van der Waals surface area contributed by atoms with Crippen molar-refractivity contribution in [1.29, 1.82) is 0 Å². The van der Waals surface area contributed by atoms with Crippen LogP contribution in [0.15, 0.2) is 30.1 Å². The second-order valence-electron chi connectivity index (χ2n) is 6.11. The van der Waals surface area contributed by atoms with E-state index in [1.165, 1.54) is 4.88 Å². The first-order valence-electron chi connectivity index (χ1n) is 7.89.